The lowest BCUT2D eigenvalue weighted by atomic mass is 9.78. The summed E-state index contributed by atoms with van der Waals surface area (Å²) >= 11 is 0. The van der Waals surface area contributed by atoms with Crippen molar-refractivity contribution in [1.29, 1.82) is 0 Å². The minimum absolute atomic E-state index is 0.0421. The summed E-state index contributed by atoms with van der Waals surface area (Å²) < 4.78 is 13.3. The van der Waals surface area contributed by atoms with E-state index in [-0.39, 0.29) is 28.3 Å². The Morgan fingerprint density at radius 3 is 2.53 bits per heavy atom. The molecule has 5 heteroatoms. The molecule has 0 bridgehead atoms. The molecule has 0 saturated carbocycles. The first-order valence-corrected chi connectivity index (χ1v) is 6.01. The van der Waals surface area contributed by atoms with Crippen LogP contribution in [0.4, 0.5) is 10.1 Å². The highest BCUT2D eigenvalue weighted by Crippen LogP contribution is 2.36. The van der Waals surface area contributed by atoms with Crippen LogP contribution in [0.3, 0.4) is 0 Å². The van der Waals surface area contributed by atoms with Gasteiger partial charge in [-0.3, -0.25) is 4.79 Å². The number of aliphatic hydroxyl groups excluding tert-OH is 1. The number of azo groups is 1. The second-order valence-electron chi connectivity index (χ2n) is 5.39. The Kier molecular flexibility index (Phi) is 3.46. The maximum Gasteiger partial charge on any atom is 0.187 e. The van der Waals surface area contributed by atoms with E-state index < -0.39 is 5.82 Å². The predicted molar refractivity (Wildman–Crippen MR) is 68.6 cm³/mol. The van der Waals surface area contributed by atoms with E-state index in [0.29, 0.717) is 12.8 Å². The SMILES string of the molecule is CC1(C)CC(=O)C(N=Nc2ccccc2F)=C(O)C1. The number of carbonyl (C=O) groups excluding carboxylic acids is 1. The van der Waals surface area contributed by atoms with Crippen LogP contribution >= 0.6 is 0 Å². The number of benzene rings is 1. The molecule has 4 nitrogen and oxygen atoms in total. The molecule has 0 heterocycles. The van der Waals surface area contributed by atoms with E-state index in [4.69, 9.17) is 0 Å². The highest BCUT2D eigenvalue weighted by Gasteiger charge is 2.33. The number of carbonyl (C=O) groups is 1. The van der Waals surface area contributed by atoms with Crippen molar-refractivity contribution in [3.8, 4) is 0 Å². The van der Waals surface area contributed by atoms with Crippen LogP contribution in [-0.4, -0.2) is 10.9 Å². The number of allylic oxidation sites excluding steroid dienone is 2. The van der Waals surface area contributed by atoms with Gasteiger partial charge in [-0.15, -0.1) is 10.2 Å². The Labute approximate surface area is 110 Å². The van der Waals surface area contributed by atoms with Crippen LogP contribution in [0.25, 0.3) is 0 Å². The maximum absolute atomic E-state index is 13.3. The first-order valence-electron chi connectivity index (χ1n) is 6.01. The predicted octanol–water partition coefficient (Wildman–Crippen LogP) is 4.07. The Balaban J connectivity index is 2.28. The summed E-state index contributed by atoms with van der Waals surface area (Å²) in [6.45, 7) is 3.79. The largest absolute Gasteiger partial charge is 0.510 e. The minimum atomic E-state index is -0.519. The second kappa shape index (κ2) is 4.91. The normalized spacial score (nSPS) is 19.2. The molecule has 0 aromatic heterocycles. The van der Waals surface area contributed by atoms with Crippen molar-refractivity contribution in [3.63, 3.8) is 0 Å². The highest BCUT2D eigenvalue weighted by molar-refractivity contribution is 5.96. The summed E-state index contributed by atoms with van der Waals surface area (Å²) in [5.74, 6) is -0.870. The molecule has 1 aromatic carbocycles. The van der Waals surface area contributed by atoms with Gasteiger partial charge >= 0.3 is 0 Å². The zero-order valence-electron chi connectivity index (χ0n) is 10.9. The van der Waals surface area contributed by atoms with Gasteiger partial charge in [0.2, 0.25) is 0 Å². The summed E-state index contributed by atoms with van der Waals surface area (Å²) in [7, 11) is 0. The van der Waals surface area contributed by atoms with Gasteiger partial charge in [-0.1, -0.05) is 26.0 Å². The van der Waals surface area contributed by atoms with Crippen molar-refractivity contribution in [3.05, 3.63) is 41.5 Å². The fourth-order valence-corrected chi connectivity index (χ4v) is 2.03. The molecular weight excluding hydrogens is 247 g/mol. The number of aliphatic hydroxyl groups is 1. The zero-order chi connectivity index (χ0) is 14.0. The van der Waals surface area contributed by atoms with E-state index in [1.807, 2.05) is 13.8 Å². The van der Waals surface area contributed by atoms with Crippen molar-refractivity contribution < 1.29 is 14.3 Å². The third-order valence-corrected chi connectivity index (χ3v) is 2.93. The van der Waals surface area contributed by atoms with Crippen molar-refractivity contribution in [2.24, 2.45) is 15.6 Å². The van der Waals surface area contributed by atoms with E-state index in [9.17, 15) is 14.3 Å². The monoisotopic (exact) mass is 262 g/mol. The average Bonchev–Trinajstić information content (AvgIpc) is 2.28. The third-order valence-electron chi connectivity index (χ3n) is 2.93. The van der Waals surface area contributed by atoms with E-state index in [1.165, 1.54) is 12.1 Å². The van der Waals surface area contributed by atoms with Crippen molar-refractivity contribution >= 4 is 11.5 Å². The van der Waals surface area contributed by atoms with E-state index in [1.54, 1.807) is 12.1 Å². The molecule has 0 aliphatic heterocycles. The zero-order valence-corrected chi connectivity index (χ0v) is 10.9. The van der Waals surface area contributed by atoms with Gasteiger partial charge in [0.15, 0.2) is 17.3 Å². The van der Waals surface area contributed by atoms with E-state index in [2.05, 4.69) is 10.2 Å². The van der Waals surface area contributed by atoms with E-state index in [0.717, 1.165) is 0 Å². The molecule has 1 aromatic rings. The van der Waals surface area contributed by atoms with Gasteiger partial charge in [0, 0.05) is 12.8 Å². The lowest BCUT2D eigenvalue weighted by Crippen LogP contribution is -2.25. The Morgan fingerprint density at radius 2 is 1.89 bits per heavy atom. The second-order valence-corrected chi connectivity index (χ2v) is 5.39. The van der Waals surface area contributed by atoms with Crippen molar-refractivity contribution in [2.45, 2.75) is 26.7 Å². The highest BCUT2D eigenvalue weighted by atomic mass is 19.1. The molecule has 1 aliphatic carbocycles. The van der Waals surface area contributed by atoms with Crippen LogP contribution in [0, 0.1) is 11.2 Å². The Morgan fingerprint density at radius 1 is 1.21 bits per heavy atom. The molecule has 0 fully saturated rings. The molecule has 19 heavy (non-hydrogen) atoms. The quantitative estimate of drug-likeness (QED) is 0.816. The van der Waals surface area contributed by atoms with Gasteiger partial charge in [0.25, 0.3) is 0 Å². The molecular formula is C14H15FN2O2. The van der Waals surface area contributed by atoms with Crippen molar-refractivity contribution in [2.75, 3.05) is 0 Å². The molecule has 0 unspecified atom stereocenters. The summed E-state index contributed by atoms with van der Waals surface area (Å²) in [6, 6.07) is 5.87. The van der Waals surface area contributed by atoms with Gasteiger partial charge in [-0.25, -0.2) is 4.39 Å². The molecule has 1 aliphatic rings. The van der Waals surface area contributed by atoms with Crippen LogP contribution in [0.2, 0.25) is 0 Å². The third kappa shape index (κ3) is 3.05. The summed E-state index contributed by atoms with van der Waals surface area (Å²) in [4.78, 5) is 11.9. The van der Waals surface area contributed by atoms with Crippen molar-refractivity contribution in [1.82, 2.24) is 0 Å². The summed E-state index contributed by atoms with van der Waals surface area (Å²) in [6.07, 6.45) is 0.660. The van der Waals surface area contributed by atoms with Crippen LogP contribution in [-0.2, 0) is 4.79 Å². The molecule has 0 amide bonds. The van der Waals surface area contributed by atoms with Crippen LogP contribution in [0.1, 0.15) is 26.7 Å². The van der Waals surface area contributed by atoms with Gasteiger partial charge < -0.3 is 5.11 Å². The topological polar surface area (TPSA) is 62.0 Å². The number of rotatable bonds is 2. The number of Topliss-reactive ketones (excluding diaryl/α,β-unsaturated/α-hetero) is 1. The standard InChI is InChI=1S/C14H15FN2O2/c1-14(2)7-11(18)13(12(19)8-14)17-16-10-6-4-3-5-9(10)15/h3-6,18H,7-8H2,1-2H3. The van der Waals surface area contributed by atoms with Crippen LogP contribution < -0.4 is 0 Å². The number of nitrogens with zero attached hydrogens (tertiary/aromatic N) is 2. The summed E-state index contributed by atoms with van der Waals surface area (Å²) in [5.41, 5.74) is -0.305. The summed E-state index contributed by atoms with van der Waals surface area (Å²) in [5, 5.41) is 17.2. The van der Waals surface area contributed by atoms with Gasteiger partial charge in [-0.2, -0.15) is 0 Å². The number of ketones is 1. The Bertz CT molecular complexity index is 577. The molecule has 1 N–H and O–H groups in total. The number of halogens is 1. The Hall–Kier alpha value is -2.04. The minimum Gasteiger partial charge on any atom is -0.510 e. The lowest BCUT2D eigenvalue weighted by molar-refractivity contribution is -0.118. The molecule has 2 rings (SSSR count). The van der Waals surface area contributed by atoms with E-state index >= 15 is 0 Å². The fraction of sp³-hybridized carbons (Fsp3) is 0.357. The number of hydrogen-bond acceptors (Lipinski definition) is 4. The van der Waals surface area contributed by atoms with Crippen LogP contribution in [0.15, 0.2) is 46.0 Å². The van der Waals surface area contributed by atoms with Crippen LogP contribution in [0.5, 0.6) is 0 Å². The number of hydrogen-bond donors (Lipinski definition) is 1. The molecule has 100 valence electrons. The van der Waals surface area contributed by atoms with Gasteiger partial charge in [-0.05, 0) is 17.5 Å². The average molecular weight is 262 g/mol. The molecule has 0 spiro atoms. The van der Waals surface area contributed by atoms with Gasteiger partial charge in [0.1, 0.15) is 11.4 Å². The smallest absolute Gasteiger partial charge is 0.187 e. The lowest BCUT2D eigenvalue weighted by Gasteiger charge is -2.27. The molecule has 0 atom stereocenters. The molecule has 0 radical (unpaired) electrons. The first kappa shape index (κ1) is 13.4. The van der Waals surface area contributed by atoms with Gasteiger partial charge in [0.05, 0.1) is 0 Å². The molecule has 0 saturated heterocycles. The first-order chi connectivity index (χ1) is 8.89. The maximum atomic E-state index is 13.3. The fourth-order valence-electron chi connectivity index (χ4n) is 2.03.